The van der Waals surface area contributed by atoms with Crippen LogP contribution < -0.4 is 5.32 Å². The molecule has 2 rings (SSSR count). The van der Waals surface area contributed by atoms with Crippen molar-refractivity contribution < 1.29 is 4.39 Å². The molecule has 1 unspecified atom stereocenters. The molecule has 2 heteroatoms. The van der Waals surface area contributed by atoms with Crippen molar-refractivity contribution in [3.8, 4) is 0 Å². The van der Waals surface area contributed by atoms with Crippen LogP contribution in [0.5, 0.6) is 0 Å². The zero-order chi connectivity index (χ0) is 15.4. The molecule has 0 aliphatic carbocycles. The summed E-state index contributed by atoms with van der Waals surface area (Å²) in [7, 11) is 1.98. The van der Waals surface area contributed by atoms with E-state index < -0.39 is 0 Å². The molecular weight excluding hydrogens is 261 g/mol. The van der Waals surface area contributed by atoms with E-state index >= 15 is 0 Å². The molecular formula is C19H24FN. The van der Waals surface area contributed by atoms with Crippen molar-refractivity contribution in [1.82, 2.24) is 5.32 Å². The van der Waals surface area contributed by atoms with Crippen molar-refractivity contribution in [3.63, 3.8) is 0 Å². The van der Waals surface area contributed by atoms with Gasteiger partial charge in [-0.2, -0.15) is 0 Å². The molecule has 112 valence electrons. The van der Waals surface area contributed by atoms with Crippen LogP contribution in [-0.4, -0.2) is 13.1 Å². The molecule has 2 aromatic carbocycles. The second kappa shape index (κ2) is 6.86. The van der Waals surface area contributed by atoms with Gasteiger partial charge in [-0.25, -0.2) is 4.39 Å². The quantitative estimate of drug-likeness (QED) is 0.871. The standard InChI is InChI=1S/C19H24FN/c1-13-8-14(2)19(15(3)9-13)12-18(21-4)11-16-6-5-7-17(20)10-16/h5-10,18,21H,11-12H2,1-4H3. The number of benzene rings is 2. The molecule has 21 heavy (non-hydrogen) atoms. The van der Waals surface area contributed by atoms with Gasteiger partial charge in [0.05, 0.1) is 0 Å². The summed E-state index contributed by atoms with van der Waals surface area (Å²) in [6, 6.07) is 11.7. The maximum atomic E-state index is 13.3. The third kappa shape index (κ3) is 4.15. The Morgan fingerprint density at radius 1 is 1.00 bits per heavy atom. The minimum atomic E-state index is -0.162. The second-order valence-electron chi connectivity index (χ2n) is 5.90. The fourth-order valence-electron chi connectivity index (χ4n) is 3.00. The Balaban J connectivity index is 2.16. The van der Waals surface area contributed by atoms with Gasteiger partial charge in [0.15, 0.2) is 0 Å². The predicted octanol–water partition coefficient (Wildman–Crippen LogP) is 4.12. The molecule has 0 fully saturated rings. The maximum absolute atomic E-state index is 13.3. The first-order chi connectivity index (χ1) is 9.99. The van der Waals surface area contributed by atoms with E-state index in [1.165, 1.54) is 28.3 Å². The smallest absolute Gasteiger partial charge is 0.123 e. The normalized spacial score (nSPS) is 12.4. The largest absolute Gasteiger partial charge is 0.316 e. The summed E-state index contributed by atoms with van der Waals surface area (Å²) in [4.78, 5) is 0. The lowest BCUT2D eigenvalue weighted by Gasteiger charge is -2.20. The van der Waals surface area contributed by atoms with Crippen LogP contribution in [0.25, 0.3) is 0 Å². The summed E-state index contributed by atoms with van der Waals surface area (Å²) < 4.78 is 13.3. The Bertz CT molecular complexity index is 596. The summed E-state index contributed by atoms with van der Waals surface area (Å²) in [5.74, 6) is -0.162. The number of hydrogen-bond acceptors (Lipinski definition) is 1. The van der Waals surface area contributed by atoms with Crippen molar-refractivity contribution in [2.75, 3.05) is 7.05 Å². The molecule has 1 atom stereocenters. The van der Waals surface area contributed by atoms with Crippen LogP contribution in [0.2, 0.25) is 0 Å². The fourth-order valence-corrected chi connectivity index (χ4v) is 3.00. The highest BCUT2D eigenvalue weighted by Crippen LogP contribution is 2.19. The number of hydrogen-bond donors (Lipinski definition) is 1. The van der Waals surface area contributed by atoms with Gasteiger partial charge in [-0.1, -0.05) is 29.8 Å². The average Bonchev–Trinajstić information content (AvgIpc) is 2.41. The van der Waals surface area contributed by atoms with Gasteiger partial charge in [-0.15, -0.1) is 0 Å². The zero-order valence-corrected chi connectivity index (χ0v) is 13.3. The average molecular weight is 285 g/mol. The zero-order valence-electron chi connectivity index (χ0n) is 13.3. The summed E-state index contributed by atoms with van der Waals surface area (Å²) in [6.07, 6.45) is 1.80. The SMILES string of the molecule is CNC(Cc1cccc(F)c1)Cc1c(C)cc(C)cc1C. The monoisotopic (exact) mass is 285 g/mol. The summed E-state index contributed by atoms with van der Waals surface area (Å²) in [5.41, 5.74) is 6.42. The van der Waals surface area contributed by atoms with Crippen molar-refractivity contribution in [3.05, 3.63) is 70.0 Å². The van der Waals surface area contributed by atoms with Crippen LogP contribution in [0, 0.1) is 26.6 Å². The lowest BCUT2D eigenvalue weighted by atomic mass is 9.92. The first-order valence-electron chi connectivity index (χ1n) is 7.48. The molecule has 1 N–H and O–H groups in total. The lowest BCUT2D eigenvalue weighted by Crippen LogP contribution is -2.30. The highest BCUT2D eigenvalue weighted by atomic mass is 19.1. The second-order valence-corrected chi connectivity index (χ2v) is 5.90. The van der Waals surface area contributed by atoms with Gasteiger partial charge < -0.3 is 5.32 Å². The van der Waals surface area contributed by atoms with Gasteiger partial charge >= 0.3 is 0 Å². The molecule has 0 aliphatic rings. The molecule has 0 aliphatic heterocycles. The molecule has 1 nitrogen and oxygen atoms in total. The van der Waals surface area contributed by atoms with Crippen LogP contribution in [0.1, 0.15) is 27.8 Å². The lowest BCUT2D eigenvalue weighted by molar-refractivity contribution is 0.550. The van der Waals surface area contributed by atoms with E-state index in [1.807, 2.05) is 13.1 Å². The minimum absolute atomic E-state index is 0.162. The van der Waals surface area contributed by atoms with Gasteiger partial charge in [-0.05, 0) is 75.0 Å². The first-order valence-corrected chi connectivity index (χ1v) is 7.48. The topological polar surface area (TPSA) is 12.0 Å². The molecule has 0 saturated carbocycles. The van der Waals surface area contributed by atoms with Crippen molar-refractivity contribution in [2.24, 2.45) is 0 Å². The molecule has 0 spiro atoms. The summed E-state index contributed by atoms with van der Waals surface area (Å²) in [6.45, 7) is 6.47. The van der Waals surface area contributed by atoms with E-state index in [1.54, 1.807) is 12.1 Å². The van der Waals surface area contributed by atoms with E-state index in [-0.39, 0.29) is 5.82 Å². The van der Waals surface area contributed by atoms with Crippen LogP contribution in [0.4, 0.5) is 4.39 Å². The van der Waals surface area contributed by atoms with Gasteiger partial charge in [-0.3, -0.25) is 0 Å². The molecule has 0 amide bonds. The minimum Gasteiger partial charge on any atom is -0.316 e. The molecule has 0 bridgehead atoms. The van der Waals surface area contributed by atoms with Crippen molar-refractivity contribution >= 4 is 0 Å². The van der Waals surface area contributed by atoms with Gasteiger partial charge in [0.1, 0.15) is 5.82 Å². The Kier molecular flexibility index (Phi) is 5.13. The van der Waals surface area contributed by atoms with E-state index in [0.717, 1.165) is 18.4 Å². The molecule has 0 aromatic heterocycles. The Hall–Kier alpha value is -1.67. The van der Waals surface area contributed by atoms with Gasteiger partial charge in [0, 0.05) is 6.04 Å². The number of halogens is 1. The number of aryl methyl sites for hydroxylation is 3. The summed E-state index contributed by atoms with van der Waals surface area (Å²) in [5, 5.41) is 3.37. The molecule has 0 saturated heterocycles. The third-order valence-electron chi connectivity index (χ3n) is 4.07. The molecule has 0 heterocycles. The van der Waals surface area contributed by atoms with E-state index in [0.29, 0.717) is 6.04 Å². The summed E-state index contributed by atoms with van der Waals surface area (Å²) >= 11 is 0. The Labute approximate surface area is 127 Å². The fraction of sp³-hybridized carbons (Fsp3) is 0.368. The molecule has 2 aromatic rings. The van der Waals surface area contributed by atoms with Crippen LogP contribution >= 0.6 is 0 Å². The van der Waals surface area contributed by atoms with E-state index in [4.69, 9.17) is 0 Å². The maximum Gasteiger partial charge on any atom is 0.123 e. The number of rotatable bonds is 5. The Morgan fingerprint density at radius 2 is 1.67 bits per heavy atom. The first kappa shape index (κ1) is 15.7. The number of nitrogens with one attached hydrogen (secondary N) is 1. The van der Waals surface area contributed by atoms with Crippen LogP contribution in [-0.2, 0) is 12.8 Å². The van der Waals surface area contributed by atoms with Gasteiger partial charge in [0.2, 0.25) is 0 Å². The highest BCUT2D eigenvalue weighted by Gasteiger charge is 2.12. The van der Waals surface area contributed by atoms with E-state index in [2.05, 4.69) is 38.2 Å². The van der Waals surface area contributed by atoms with Crippen molar-refractivity contribution in [2.45, 2.75) is 39.7 Å². The Morgan fingerprint density at radius 3 is 2.24 bits per heavy atom. The van der Waals surface area contributed by atoms with Crippen LogP contribution in [0.3, 0.4) is 0 Å². The predicted molar refractivity (Wildman–Crippen MR) is 87.3 cm³/mol. The highest BCUT2D eigenvalue weighted by molar-refractivity contribution is 5.38. The van der Waals surface area contributed by atoms with Crippen LogP contribution in [0.15, 0.2) is 36.4 Å². The third-order valence-corrected chi connectivity index (χ3v) is 4.07. The van der Waals surface area contributed by atoms with E-state index in [9.17, 15) is 4.39 Å². The van der Waals surface area contributed by atoms with Crippen molar-refractivity contribution in [1.29, 1.82) is 0 Å². The molecule has 0 radical (unpaired) electrons. The number of likely N-dealkylation sites (N-methyl/N-ethyl adjacent to an activating group) is 1. The van der Waals surface area contributed by atoms with Gasteiger partial charge in [0.25, 0.3) is 0 Å².